The summed E-state index contributed by atoms with van der Waals surface area (Å²) in [5, 5.41) is 0.814. The predicted molar refractivity (Wildman–Crippen MR) is 98.2 cm³/mol. The summed E-state index contributed by atoms with van der Waals surface area (Å²) < 4.78 is 15.6. The topological polar surface area (TPSA) is 69.0 Å². The third-order valence-corrected chi connectivity index (χ3v) is 4.54. The Bertz CT molecular complexity index is 834. The van der Waals surface area contributed by atoms with Gasteiger partial charge in [0.2, 0.25) is 0 Å². The number of ether oxygens (including phenoxy) is 2. The number of esters is 1. The molecule has 0 aliphatic heterocycles. The molecule has 0 radical (unpaired) electrons. The van der Waals surface area contributed by atoms with Crippen molar-refractivity contribution in [3.63, 3.8) is 0 Å². The van der Waals surface area contributed by atoms with Crippen molar-refractivity contribution >= 4 is 46.7 Å². The number of carbonyl (C=O) groups excluding carboxylic acids is 2. The van der Waals surface area contributed by atoms with Crippen LogP contribution in [0.2, 0.25) is 15.1 Å². The van der Waals surface area contributed by atoms with Gasteiger partial charge in [0.15, 0.2) is 6.61 Å². The number of hydrogen-bond donors (Lipinski definition) is 0. The molecule has 2 rings (SSSR count). The summed E-state index contributed by atoms with van der Waals surface area (Å²) in [6.45, 7) is 1.56. The molecule has 9 heteroatoms. The maximum absolute atomic E-state index is 12.2. The lowest BCUT2D eigenvalue weighted by Crippen LogP contribution is -2.30. The van der Waals surface area contributed by atoms with E-state index in [-0.39, 0.29) is 34.9 Å². The number of amides is 1. The number of halogens is 3. The van der Waals surface area contributed by atoms with Crippen molar-refractivity contribution in [1.29, 1.82) is 0 Å². The summed E-state index contributed by atoms with van der Waals surface area (Å²) in [6, 6.07) is 4.43. The molecule has 0 spiro atoms. The van der Waals surface area contributed by atoms with E-state index >= 15 is 0 Å². The first-order valence-electron chi connectivity index (χ1n) is 7.41. The Morgan fingerprint density at radius 3 is 2.42 bits per heavy atom. The smallest absolute Gasteiger partial charge is 0.341 e. The van der Waals surface area contributed by atoms with E-state index in [1.807, 2.05) is 0 Å². The molecule has 2 aromatic rings. The van der Waals surface area contributed by atoms with E-state index in [2.05, 4.69) is 4.74 Å². The van der Waals surface area contributed by atoms with Gasteiger partial charge in [0.05, 0.1) is 28.7 Å². The van der Waals surface area contributed by atoms with Crippen LogP contribution in [0.15, 0.2) is 22.6 Å². The fraction of sp³-hybridized carbons (Fsp3) is 0.294. The third kappa shape index (κ3) is 4.84. The largest absolute Gasteiger partial charge is 0.482 e. The number of benzene rings is 1. The lowest BCUT2D eigenvalue weighted by atomic mass is 10.2. The third-order valence-electron chi connectivity index (χ3n) is 3.52. The van der Waals surface area contributed by atoms with Gasteiger partial charge < -0.3 is 18.8 Å². The van der Waals surface area contributed by atoms with Crippen LogP contribution in [0.4, 0.5) is 0 Å². The van der Waals surface area contributed by atoms with Crippen molar-refractivity contribution in [3.05, 3.63) is 50.4 Å². The summed E-state index contributed by atoms with van der Waals surface area (Å²) >= 11 is 17.8. The molecule has 6 nitrogen and oxygen atoms in total. The number of aryl methyl sites for hydroxylation is 1. The standard InChI is InChI=1S/C17H16Cl3NO5/c1-9-11(17(23)24-3)4-10(26-9)7-21(2)16(22)8-25-15-6-13(19)12(18)5-14(15)20/h4-6H,7-8H2,1-3H3. The molecular formula is C17H16Cl3NO5. The zero-order valence-corrected chi connectivity index (χ0v) is 16.5. The number of nitrogens with zero attached hydrogens (tertiary/aromatic N) is 1. The van der Waals surface area contributed by atoms with Gasteiger partial charge in [0.1, 0.15) is 22.8 Å². The average Bonchev–Trinajstić information content (AvgIpc) is 2.96. The molecule has 0 fully saturated rings. The summed E-state index contributed by atoms with van der Waals surface area (Å²) in [7, 11) is 2.87. The van der Waals surface area contributed by atoms with Crippen molar-refractivity contribution < 1.29 is 23.5 Å². The van der Waals surface area contributed by atoms with Crippen LogP contribution in [0.1, 0.15) is 21.9 Å². The Balaban J connectivity index is 1.98. The zero-order chi connectivity index (χ0) is 19.4. The quantitative estimate of drug-likeness (QED) is 0.512. The molecule has 0 unspecified atom stereocenters. The van der Waals surface area contributed by atoms with Gasteiger partial charge in [-0.2, -0.15) is 0 Å². The number of methoxy groups -OCH3 is 1. The second-order valence-electron chi connectivity index (χ2n) is 5.41. The number of rotatable bonds is 6. The first kappa shape index (κ1) is 20.4. The van der Waals surface area contributed by atoms with Crippen LogP contribution in [-0.2, 0) is 16.1 Å². The fourth-order valence-corrected chi connectivity index (χ4v) is 2.71. The van der Waals surface area contributed by atoms with Gasteiger partial charge in [-0.25, -0.2) is 4.79 Å². The first-order chi connectivity index (χ1) is 12.2. The normalized spacial score (nSPS) is 10.5. The molecule has 1 aromatic heterocycles. The Morgan fingerprint density at radius 1 is 1.12 bits per heavy atom. The fourth-order valence-electron chi connectivity index (χ4n) is 2.12. The molecule has 1 aromatic carbocycles. The second-order valence-corrected chi connectivity index (χ2v) is 6.63. The predicted octanol–water partition coefficient (Wildman–Crippen LogP) is 4.37. The van der Waals surface area contributed by atoms with E-state index in [0.29, 0.717) is 22.1 Å². The minimum atomic E-state index is -0.496. The van der Waals surface area contributed by atoms with E-state index in [9.17, 15) is 9.59 Å². The second kappa shape index (κ2) is 8.66. The highest BCUT2D eigenvalue weighted by Crippen LogP contribution is 2.33. The first-order valence-corrected chi connectivity index (χ1v) is 8.55. The van der Waals surface area contributed by atoms with Gasteiger partial charge in [0.25, 0.3) is 5.91 Å². The van der Waals surface area contributed by atoms with Crippen molar-refractivity contribution in [2.75, 3.05) is 20.8 Å². The van der Waals surface area contributed by atoms with Gasteiger partial charge in [-0.3, -0.25) is 4.79 Å². The lowest BCUT2D eigenvalue weighted by Gasteiger charge is -2.16. The highest BCUT2D eigenvalue weighted by molar-refractivity contribution is 6.43. The van der Waals surface area contributed by atoms with Gasteiger partial charge >= 0.3 is 5.97 Å². The van der Waals surface area contributed by atoms with E-state index in [1.165, 1.54) is 24.1 Å². The summed E-state index contributed by atoms with van der Waals surface area (Å²) in [5.41, 5.74) is 0.321. The molecule has 0 atom stereocenters. The molecule has 0 aliphatic rings. The van der Waals surface area contributed by atoms with E-state index in [0.717, 1.165) is 0 Å². The average molecular weight is 421 g/mol. The van der Waals surface area contributed by atoms with Gasteiger partial charge in [-0.05, 0) is 19.1 Å². The molecule has 140 valence electrons. The minimum absolute atomic E-state index is 0.162. The highest BCUT2D eigenvalue weighted by Gasteiger charge is 2.18. The van der Waals surface area contributed by atoms with Crippen LogP contribution >= 0.6 is 34.8 Å². The molecule has 1 amide bonds. The lowest BCUT2D eigenvalue weighted by molar-refractivity contribution is -0.132. The highest BCUT2D eigenvalue weighted by atomic mass is 35.5. The molecular weight excluding hydrogens is 405 g/mol. The molecule has 0 bridgehead atoms. The van der Waals surface area contributed by atoms with Crippen LogP contribution < -0.4 is 4.74 Å². The Kier molecular flexibility index (Phi) is 6.81. The van der Waals surface area contributed by atoms with Gasteiger partial charge in [0, 0.05) is 13.1 Å². The number of hydrogen-bond acceptors (Lipinski definition) is 5. The van der Waals surface area contributed by atoms with E-state index in [1.54, 1.807) is 20.0 Å². The Hall–Kier alpha value is -1.89. The van der Waals surface area contributed by atoms with Crippen LogP contribution in [-0.4, -0.2) is 37.5 Å². The number of likely N-dealkylation sites (N-methyl/N-ethyl adjacent to an activating group) is 1. The molecule has 0 N–H and O–H groups in total. The van der Waals surface area contributed by atoms with Crippen LogP contribution in [0.3, 0.4) is 0 Å². The Morgan fingerprint density at radius 2 is 1.77 bits per heavy atom. The molecule has 1 heterocycles. The maximum Gasteiger partial charge on any atom is 0.341 e. The van der Waals surface area contributed by atoms with Crippen LogP contribution in [0.5, 0.6) is 5.75 Å². The van der Waals surface area contributed by atoms with Crippen molar-refractivity contribution in [2.24, 2.45) is 0 Å². The number of carbonyl (C=O) groups is 2. The van der Waals surface area contributed by atoms with Crippen LogP contribution in [0.25, 0.3) is 0 Å². The zero-order valence-electron chi connectivity index (χ0n) is 14.3. The summed E-state index contributed by atoms with van der Waals surface area (Å²) in [4.78, 5) is 25.2. The summed E-state index contributed by atoms with van der Waals surface area (Å²) in [5.74, 6) is 0.312. The molecule has 0 saturated heterocycles. The minimum Gasteiger partial charge on any atom is -0.482 e. The van der Waals surface area contributed by atoms with Gasteiger partial charge in [-0.15, -0.1) is 0 Å². The monoisotopic (exact) mass is 419 g/mol. The van der Waals surface area contributed by atoms with Gasteiger partial charge in [-0.1, -0.05) is 34.8 Å². The molecule has 0 saturated carbocycles. The number of furan rings is 1. The Labute approximate surface area is 165 Å². The van der Waals surface area contributed by atoms with Crippen LogP contribution in [0, 0.1) is 6.92 Å². The summed E-state index contributed by atoms with van der Waals surface area (Å²) in [6.07, 6.45) is 0. The molecule has 0 aliphatic carbocycles. The van der Waals surface area contributed by atoms with Crippen molar-refractivity contribution in [2.45, 2.75) is 13.5 Å². The maximum atomic E-state index is 12.2. The SMILES string of the molecule is COC(=O)c1cc(CN(C)C(=O)COc2cc(Cl)c(Cl)cc2Cl)oc1C. The molecule has 26 heavy (non-hydrogen) atoms. The van der Waals surface area contributed by atoms with E-state index in [4.69, 9.17) is 44.0 Å². The van der Waals surface area contributed by atoms with Crippen molar-refractivity contribution in [1.82, 2.24) is 4.90 Å². The van der Waals surface area contributed by atoms with E-state index < -0.39 is 5.97 Å². The van der Waals surface area contributed by atoms with Crippen molar-refractivity contribution in [3.8, 4) is 5.75 Å².